The third-order valence-corrected chi connectivity index (χ3v) is 3.00. The number of ether oxygens (including phenoxy) is 1. The molecule has 0 aromatic heterocycles. The minimum atomic E-state index is -0.138. The van der Waals surface area contributed by atoms with Crippen LogP contribution in [0.1, 0.15) is 37.0 Å². The fraction of sp³-hybridized carbons (Fsp3) is 0.533. The SMILES string of the molecule is CCCC(C)Nc1ccc(N)cc1C(=O)NCCOC. The van der Waals surface area contributed by atoms with Gasteiger partial charge in [-0.15, -0.1) is 0 Å². The van der Waals surface area contributed by atoms with Crippen molar-refractivity contribution in [1.29, 1.82) is 0 Å². The molecule has 0 fully saturated rings. The van der Waals surface area contributed by atoms with Gasteiger partial charge in [0.25, 0.3) is 5.91 Å². The highest BCUT2D eigenvalue weighted by Crippen LogP contribution is 2.20. The van der Waals surface area contributed by atoms with Crippen molar-refractivity contribution in [2.75, 3.05) is 31.3 Å². The lowest BCUT2D eigenvalue weighted by molar-refractivity contribution is 0.0938. The Hall–Kier alpha value is -1.75. The molecule has 112 valence electrons. The zero-order chi connectivity index (χ0) is 15.0. The van der Waals surface area contributed by atoms with E-state index in [9.17, 15) is 4.79 Å². The summed E-state index contributed by atoms with van der Waals surface area (Å²) < 4.78 is 4.92. The summed E-state index contributed by atoms with van der Waals surface area (Å²) in [5, 5.41) is 6.18. The van der Waals surface area contributed by atoms with E-state index in [1.807, 2.05) is 6.07 Å². The Labute approximate surface area is 120 Å². The molecule has 5 nitrogen and oxygen atoms in total. The van der Waals surface area contributed by atoms with E-state index >= 15 is 0 Å². The van der Waals surface area contributed by atoms with Crippen molar-refractivity contribution in [1.82, 2.24) is 5.32 Å². The van der Waals surface area contributed by atoms with Crippen molar-refractivity contribution in [2.24, 2.45) is 0 Å². The summed E-state index contributed by atoms with van der Waals surface area (Å²) in [6, 6.07) is 5.66. The summed E-state index contributed by atoms with van der Waals surface area (Å²) in [4.78, 5) is 12.2. The average molecular weight is 279 g/mol. The molecule has 0 saturated carbocycles. The van der Waals surface area contributed by atoms with Crippen molar-refractivity contribution in [3.8, 4) is 0 Å². The molecule has 1 amide bonds. The Morgan fingerprint density at radius 2 is 2.20 bits per heavy atom. The molecule has 0 radical (unpaired) electrons. The van der Waals surface area contributed by atoms with Gasteiger partial charge in [-0.1, -0.05) is 13.3 Å². The van der Waals surface area contributed by atoms with Crippen molar-refractivity contribution in [3.63, 3.8) is 0 Å². The van der Waals surface area contributed by atoms with Crippen molar-refractivity contribution in [2.45, 2.75) is 32.7 Å². The molecule has 0 saturated heterocycles. The molecule has 0 aliphatic rings. The summed E-state index contributed by atoms with van der Waals surface area (Å²) in [5.41, 5.74) is 7.74. The van der Waals surface area contributed by atoms with Crippen LogP contribution in [0, 0.1) is 0 Å². The largest absolute Gasteiger partial charge is 0.399 e. The van der Waals surface area contributed by atoms with E-state index in [2.05, 4.69) is 24.5 Å². The molecular weight excluding hydrogens is 254 g/mol. The first-order chi connectivity index (χ1) is 9.58. The number of nitrogens with one attached hydrogen (secondary N) is 2. The lowest BCUT2D eigenvalue weighted by atomic mass is 10.1. The van der Waals surface area contributed by atoms with Crippen LogP contribution in [0.2, 0.25) is 0 Å². The highest BCUT2D eigenvalue weighted by Gasteiger charge is 2.13. The third kappa shape index (κ3) is 5.09. The fourth-order valence-corrected chi connectivity index (χ4v) is 2.01. The molecule has 0 heterocycles. The molecule has 1 aromatic carbocycles. The van der Waals surface area contributed by atoms with Gasteiger partial charge in [0.05, 0.1) is 12.2 Å². The molecular formula is C15H25N3O2. The number of hydrogen-bond acceptors (Lipinski definition) is 4. The Kier molecular flexibility index (Phi) is 6.87. The first-order valence-corrected chi connectivity index (χ1v) is 7.01. The van der Waals surface area contributed by atoms with Gasteiger partial charge in [0.1, 0.15) is 0 Å². The lowest BCUT2D eigenvalue weighted by Crippen LogP contribution is -2.28. The quantitative estimate of drug-likeness (QED) is 0.504. The number of amides is 1. The topological polar surface area (TPSA) is 76.4 Å². The Morgan fingerprint density at radius 3 is 2.85 bits per heavy atom. The summed E-state index contributed by atoms with van der Waals surface area (Å²) >= 11 is 0. The normalized spacial score (nSPS) is 11.9. The molecule has 0 bridgehead atoms. The molecule has 20 heavy (non-hydrogen) atoms. The van der Waals surface area contributed by atoms with Crippen molar-refractivity contribution < 1.29 is 9.53 Å². The van der Waals surface area contributed by atoms with Gasteiger partial charge in [-0.2, -0.15) is 0 Å². The van der Waals surface area contributed by atoms with Gasteiger partial charge >= 0.3 is 0 Å². The zero-order valence-electron chi connectivity index (χ0n) is 12.5. The molecule has 4 N–H and O–H groups in total. The molecule has 5 heteroatoms. The van der Waals surface area contributed by atoms with Crippen molar-refractivity contribution in [3.05, 3.63) is 23.8 Å². The number of anilines is 2. The Bertz CT molecular complexity index is 435. The van der Waals surface area contributed by atoms with E-state index in [0.29, 0.717) is 30.4 Å². The lowest BCUT2D eigenvalue weighted by Gasteiger charge is -2.18. The molecule has 0 spiro atoms. The Morgan fingerprint density at radius 1 is 1.45 bits per heavy atom. The number of carbonyl (C=O) groups excluding carboxylic acids is 1. The predicted molar refractivity (Wildman–Crippen MR) is 83.1 cm³/mol. The number of hydrogen-bond donors (Lipinski definition) is 3. The van der Waals surface area contributed by atoms with E-state index in [1.54, 1.807) is 19.2 Å². The van der Waals surface area contributed by atoms with Gasteiger partial charge in [-0.3, -0.25) is 4.79 Å². The van der Waals surface area contributed by atoms with E-state index in [1.165, 1.54) is 0 Å². The van der Waals surface area contributed by atoms with Gasteiger partial charge in [0, 0.05) is 31.1 Å². The zero-order valence-corrected chi connectivity index (χ0v) is 12.5. The number of rotatable bonds is 8. The van der Waals surface area contributed by atoms with Crippen LogP contribution >= 0.6 is 0 Å². The molecule has 1 unspecified atom stereocenters. The minimum absolute atomic E-state index is 0.138. The van der Waals surface area contributed by atoms with Gasteiger partial charge < -0.3 is 21.1 Å². The molecule has 1 atom stereocenters. The second-order valence-corrected chi connectivity index (χ2v) is 4.89. The van der Waals surface area contributed by atoms with Gasteiger partial charge in [-0.05, 0) is 31.5 Å². The monoisotopic (exact) mass is 279 g/mol. The summed E-state index contributed by atoms with van der Waals surface area (Å²) in [6.07, 6.45) is 2.15. The van der Waals surface area contributed by atoms with Crippen LogP contribution in [0.5, 0.6) is 0 Å². The minimum Gasteiger partial charge on any atom is -0.399 e. The maximum Gasteiger partial charge on any atom is 0.253 e. The van der Waals surface area contributed by atoms with Gasteiger partial charge in [0.15, 0.2) is 0 Å². The number of methoxy groups -OCH3 is 1. The standard InChI is InChI=1S/C15H25N3O2/c1-4-5-11(2)18-14-7-6-12(16)10-13(14)15(19)17-8-9-20-3/h6-7,10-11,18H,4-5,8-9,16H2,1-3H3,(H,17,19). The average Bonchev–Trinajstić information content (AvgIpc) is 2.41. The van der Waals surface area contributed by atoms with Gasteiger partial charge in [-0.25, -0.2) is 0 Å². The van der Waals surface area contributed by atoms with Crippen LogP contribution in [0.4, 0.5) is 11.4 Å². The number of nitrogens with two attached hydrogens (primary N) is 1. The number of carbonyl (C=O) groups is 1. The summed E-state index contributed by atoms with van der Waals surface area (Å²) in [5.74, 6) is -0.138. The maximum absolute atomic E-state index is 12.2. The number of benzene rings is 1. The summed E-state index contributed by atoms with van der Waals surface area (Å²) in [7, 11) is 1.60. The highest BCUT2D eigenvalue weighted by atomic mass is 16.5. The molecule has 1 rings (SSSR count). The predicted octanol–water partition coefficient (Wildman–Crippen LogP) is 2.25. The molecule has 0 aliphatic carbocycles. The highest BCUT2D eigenvalue weighted by molar-refractivity contribution is 6.00. The first-order valence-electron chi connectivity index (χ1n) is 7.01. The second-order valence-electron chi connectivity index (χ2n) is 4.89. The van der Waals surface area contributed by atoms with E-state index < -0.39 is 0 Å². The van der Waals surface area contributed by atoms with Crippen LogP contribution in [-0.2, 0) is 4.74 Å². The Balaban J connectivity index is 2.81. The molecule has 0 aliphatic heterocycles. The fourth-order valence-electron chi connectivity index (χ4n) is 2.01. The van der Waals surface area contributed by atoms with Gasteiger partial charge in [0.2, 0.25) is 0 Å². The number of nitrogen functional groups attached to an aromatic ring is 1. The second kappa shape index (κ2) is 8.43. The van der Waals surface area contributed by atoms with Crippen LogP contribution in [0.25, 0.3) is 0 Å². The molecule has 1 aromatic rings. The third-order valence-electron chi connectivity index (χ3n) is 3.00. The summed E-state index contributed by atoms with van der Waals surface area (Å²) in [6.45, 7) is 5.21. The van der Waals surface area contributed by atoms with Crippen LogP contribution in [0.15, 0.2) is 18.2 Å². The smallest absolute Gasteiger partial charge is 0.253 e. The van der Waals surface area contributed by atoms with Crippen LogP contribution in [-0.4, -0.2) is 32.2 Å². The van der Waals surface area contributed by atoms with Crippen LogP contribution in [0.3, 0.4) is 0 Å². The first kappa shape index (κ1) is 16.3. The van der Waals surface area contributed by atoms with E-state index in [0.717, 1.165) is 18.5 Å². The maximum atomic E-state index is 12.2. The van der Waals surface area contributed by atoms with E-state index in [-0.39, 0.29) is 5.91 Å². The van der Waals surface area contributed by atoms with Crippen molar-refractivity contribution >= 4 is 17.3 Å². The van der Waals surface area contributed by atoms with Crippen LogP contribution < -0.4 is 16.4 Å². The van der Waals surface area contributed by atoms with E-state index in [4.69, 9.17) is 10.5 Å².